The van der Waals surface area contributed by atoms with E-state index in [-0.39, 0.29) is 29.7 Å². The average molecular weight is 397 g/mol. The number of ether oxygens (including phenoxy) is 2. The van der Waals surface area contributed by atoms with Gasteiger partial charge in [0.15, 0.2) is 10.9 Å². The molecule has 1 amide bonds. The number of carbonyl (C=O) groups excluding carboxylic acids is 3. The normalized spacial score (nSPS) is 10.3. The maximum absolute atomic E-state index is 12.3. The van der Waals surface area contributed by atoms with E-state index in [0.29, 0.717) is 26.9 Å². The highest BCUT2D eigenvalue weighted by molar-refractivity contribution is 7.17. The van der Waals surface area contributed by atoms with Gasteiger partial charge in [-0.15, -0.1) is 0 Å². The van der Waals surface area contributed by atoms with E-state index in [1.54, 1.807) is 19.1 Å². The third kappa shape index (κ3) is 4.80. The number of thiazole rings is 1. The largest absolute Gasteiger partial charge is 0.496 e. The van der Waals surface area contributed by atoms with Crippen LogP contribution in [0.1, 0.15) is 38.6 Å². The van der Waals surface area contributed by atoms with Gasteiger partial charge in [0, 0.05) is 17.9 Å². The Balaban J connectivity index is 1.98. The molecule has 138 valence electrons. The fraction of sp³-hybridized carbons (Fsp3) is 0.294. The van der Waals surface area contributed by atoms with Crippen LogP contribution in [0.5, 0.6) is 5.75 Å². The smallest absolute Gasteiger partial charge is 0.350 e. The van der Waals surface area contributed by atoms with E-state index >= 15 is 0 Å². The minimum Gasteiger partial charge on any atom is -0.496 e. The van der Waals surface area contributed by atoms with Gasteiger partial charge in [-0.3, -0.25) is 9.59 Å². The molecule has 9 heteroatoms. The molecule has 0 aliphatic rings. The molecule has 0 aliphatic heterocycles. The van der Waals surface area contributed by atoms with Crippen molar-refractivity contribution in [1.29, 1.82) is 0 Å². The second kappa shape index (κ2) is 8.77. The van der Waals surface area contributed by atoms with Gasteiger partial charge in [-0.1, -0.05) is 22.9 Å². The number of benzene rings is 1. The number of carbonyl (C=O) groups is 3. The van der Waals surface area contributed by atoms with Gasteiger partial charge in [-0.25, -0.2) is 9.78 Å². The Morgan fingerprint density at radius 1 is 1.23 bits per heavy atom. The monoisotopic (exact) mass is 396 g/mol. The molecule has 0 fully saturated rings. The maximum atomic E-state index is 12.3. The van der Waals surface area contributed by atoms with Crippen LogP contribution in [0, 0.1) is 6.92 Å². The Morgan fingerprint density at radius 3 is 2.62 bits per heavy atom. The summed E-state index contributed by atoms with van der Waals surface area (Å²) in [4.78, 5) is 40.4. The van der Waals surface area contributed by atoms with Gasteiger partial charge in [0.25, 0.3) is 0 Å². The molecule has 0 radical (unpaired) electrons. The molecule has 1 aromatic heterocycles. The molecule has 1 heterocycles. The highest BCUT2D eigenvalue weighted by atomic mass is 35.5. The third-order valence-corrected chi connectivity index (χ3v) is 4.74. The summed E-state index contributed by atoms with van der Waals surface area (Å²) in [6.07, 6.45) is -0.0581. The van der Waals surface area contributed by atoms with Crippen LogP contribution in [0.2, 0.25) is 5.02 Å². The second-order valence-electron chi connectivity index (χ2n) is 5.24. The number of halogens is 1. The summed E-state index contributed by atoms with van der Waals surface area (Å²) >= 11 is 6.93. The van der Waals surface area contributed by atoms with Gasteiger partial charge in [0.1, 0.15) is 10.6 Å². The van der Waals surface area contributed by atoms with Crippen LogP contribution in [0.25, 0.3) is 0 Å². The van der Waals surface area contributed by atoms with E-state index in [1.807, 2.05) is 0 Å². The molecular formula is C17H17ClN2O5S. The van der Waals surface area contributed by atoms with E-state index in [4.69, 9.17) is 16.3 Å². The Kier molecular flexibility index (Phi) is 6.70. The standard InChI is InChI=1S/C17H17ClN2O5S/c1-9-15(16(23)25-3)26-17(19-9)20-14(22)7-5-12(21)11-8-10(18)4-6-13(11)24-2/h4,6,8H,5,7H2,1-3H3,(H,19,20,22). The number of nitrogens with zero attached hydrogens (tertiary/aromatic N) is 1. The minimum atomic E-state index is -0.510. The lowest BCUT2D eigenvalue weighted by Crippen LogP contribution is -2.13. The van der Waals surface area contributed by atoms with Crippen molar-refractivity contribution < 1.29 is 23.9 Å². The lowest BCUT2D eigenvalue weighted by molar-refractivity contribution is -0.116. The zero-order chi connectivity index (χ0) is 19.3. The van der Waals surface area contributed by atoms with Gasteiger partial charge in [0.05, 0.1) is 25.5 Å². The molecule has 2 aromatic rings. The van der Waals surface area contributed by atoms with Crippen LogP contribution >= 0.6 is 22.9 Å². The van der Waals surface area contributed by atoms with E-state index in [9.17, 15) is 14.4 Å². The van der Waals surface area contributed by atoms with Crippen LogP contribution < -0.4 is 10.1 Å². The summed E-state index contributed by atoms with van der Waals surface area (Å²) in [6, 6.07) is 4.73. The zero-order valence-electron chi connectivity index (χ0n) is 14.4. The van der Waals surface area contributed by atoms with Crippen molar-refractivity contribution in [1.82, 2.24) is 4.98 Å². The number of anilines is 1. The zero-order valence-corrected chi connectivity index (χ0v) is 16.0. The van der Waals surface area contributed by atoms with Gasteiger partial charge in [0.2, 0.25) is 5.91 Å². The summed E-state index contributed by atoms with van der Waals surface area (Å²) in [7, 11) is 2.73. The number of esters is 1. The highest BCUT2D eigenvalue weighted by Gasteiger charge is 2.18. The van der Waals surface area contributed by atoms with Crippen molar-refractivity contribution in [3.63, 3.8) is 0 Å². The fourth-order valence-corrected chi connectivity index (χ4v) is 3.25. The van der Waals surface area contributed by atoms with Gasteiger partial charge in [-0.05, 0) is 25.1 Å². The van der Waals surface area contributed by atoms with E-state index in [0.717, 1.165) is 11.3 Å². The molecule has 1 N–H and O–H groups in total. The fourth-order valence-electron chi connectivity index (χ4n) is 2.17. The van der Waals surface area contributed by atoms with Gasteiger partial charge < -0.3 is 14.8 Å². The number of hydrogen-bond donors (Lipinski definition) is 1. The first-order valence-corrected chi connectivity index (χ1v) is 8.77. The van der Waals surface area contributed by atoms with Crippen molar-refractivity contribution in [2.75, 3.05) is 19.5 Å². The number of ketones is 1. The molecular weight excluding hydrogens is 380 g/mol. The number of nitrogens with one attached hydrogen (secondary N) is 1. The first-order valence-electron chi connectivity index (χ1n) is 7.58. The maximum Gasteiger partial charge on any atom is 0.350 e. The molecule has 2 rings (SSSR count). The Morgan fingerprint density at radius 2 is 1.96 bits per heavy atom. The summed E-state index contributed by atoms with van der Waals surface area (Å²) in [6.45, 7) is 1.65. The molecule has 0 spiro atoms. The molecule has 0 saturated carbocycles. The number of Topliss-reactive ketones (excluding diaryl/α,β-unsaturated/α-hetero) is 1. The van der Waals surface area contributed by atoms with Crippen LogP contribution in [0.3, 0.4) is 0 Å². The second-order valence-corrected chi connectivity index (χ2v) is 6.68. The topological polar surface area (TPSA) is 94.6 Å². The molecule has 1 aromatic carbocycles. The quantitative estimate of drug-likeness (QED) is 0.568. The van der Waals surface area contributed by atoms with Crippen molar-refractivity contribution >= 4 is 45.7 Å². The molecule has 7 nitrogen and oxygen atoms in total. The molecule has 0 aliphatic carbocycles. The van der Waals surface area contributed by atoms with E-state index in [2.05, 4.69) is 15.0 Å². The van der Waals surface area contributed by atoms with Crippen LogP contribution in [0.15, 0.2) is 18.2 Å². The lowest BCUT2D eigenvalue weighted by Gasteiger charge is -2.08. The first kappa shape index (κ1) is 19.9. The lowest BCUT2D eigenvalue weighted by atomic mass is 10.1. The SMILES string of the molecule is COC(=O)c1sc(NC(=O)CCC(=O)c2cc(Cl)ccc2OC)nc1C. The molecule has 0 bridgehead atoms. The van der Waals surface area contributed by atoms with Crippen molar-refractivity contribution in [2.45, 2.75) is 19.8 Å². The number of aryl methyl sites for hydroxylation is 1. The van der Waals surface area contributed by atoms with Crippen molar-refractivity contribution in [3.8, 4) is 5.75 Å². The van der Waals surface area contributed by atoms with Crippen LogP contribution in [-0.2, 0) is 9.53 Å². The number of methoxy groups -OCH3 is 2. The predicted octanol–water partition coefficient (Wildman–Crippen LogP) is 3.50. The van der Waals surface area contributed by atoms with Crippen molar-refractivity contribution in [3.05, 3.63) is 39.4 Å². The van der Waals surface area contributed by atoms with Crippen LogP contribution in [-0.4, -0.2) is 36.9 Å². The highest BCUT2D eigenvalue weighted by Crippen LogP contribution is 2.25. The predicted molar refractivity (Wildman–Crippen MR) is 98.4 cm³/mol. The molecule has 26 heavy (non-hydrogen) atoms. The molecule has 0 atom stereocenters. The van der Waals surface area contributed by atoms with E-state index < -0.39 is 5.97 Å². The average Bonchev–Trinajstić information content (AvgIpc) is 2.99. The number of rotatable bonds is 7. The number of amides is 1. The van der Waals surface area contributed by atoms with E-state index in [1.165, 1.54) is 20.3 Å². The van der Waals surface area contributed by atoms with Crippen LogP contribution in [0.4, 0.5) is 5.13 Å². The molecule has 0 saturated heterocycles. The Bertz CT molecular complexity index is 850. The van der Waals surface area contributed by atoms with Gasteiger partial charge >= 0.3 is 5.97 Å². The Hall–Kier alpha value is -2.45. The van der Waals surface area contributed by atoms with Gasteiger partial charge in [-0.2, -0.15) is 0 Å². The third-order valence-electron chi connectivity index (χ3n) is 3.45. The molecule has 0 unspecified atom stereocenters. The summed E-state index contributed by atoms with van der Waals surface area (Å²) in [5.41, 5.74) is 0.794. The number of aromatic nitrogens is 1. The number of hydrogen-bond acceptors (Lipinski definition) is 7. The van der Waals surface area contributed by atoms with Crippen molar-refractivity contribution in [2.24, 2.45) is 0 Å². The summed E-state index contributed by atoms with van der Waals surface area (Å²) in [5, 5.41) is 3.27. The minimum absolute atomic E-state index is 0.0171. The Labute approximate surface area is 159 Å². The summed E-state index contributed by atoms with van der Waals surface area (Å²) in [5.74, 6) is -0.753. The summed E-state index contributed by atoms with van der Waals surface area (Å²) < 4.78 is 9.79. The first-order chi connectivity index (χ1) is 12.3.